The lowest BCUT2D eigenvalue weighted by Gasteiger charge is -2.28. The normalized spacial score (nSPS) is 16.4. The van der Waals surface area contributed by atoms with E-state index in [4.69, 9.17) is 9.84 Å². The Kier molecular flexibility index (Phi) is 4.65. The molecule has 1 unspecified atom stereocenters. The summed E-state index contributed by atoms with van der Waals surface area (Å²) in [7, 11) is 0. The molecule has 1 atom stereocenters. The van der Waals surface area contributed by atoms with E-state index < -0.39 is 5.97 Å². The van der Waals surface area contributed by atoms with Crippen molar-refractivity contribution in [3.8, 4) is 5.75 Å². The molecule has 0 heterocycles. The van der Waals surface area contributed by atoms with Gasteiger partial charge in [-0.2, -0.15) is 0 Å². The van der Waals surface area contributed by atoms with Crippen LogP contribution in [0.2, 0.25) is 0 Å². The number of hydrogen-bond donors (Lipinski definition) is 1. The molecule has 0 spiro atoms. The number of rotatable bonds is 7. The minimum absolute atomic E-state index is 0.107. The number of hydrogen-bond acceptors (Lipinski definition) is 3. The molecule has 1 fully saturated rings. The van der Waals surface area contributed by atoms with E-state index in [1.807, 2.05) is 38.1 Å². The highest BCUT2D eigenvalue weighted by Gasteiger charge is 2.33. The molecule has 1 N–H and O–H groups in total. The average molecular weight is 277 g/mol. The standard InChI is InChI=1S/C16H23NO3/c1-11(2)20-15-8-4-13(5-9-15)12(3)17(10-16(18)19)14-6-7-14/h4-5,8-9,11-12,14H,6-7,10H2,1-3H3,(H,18,19). The summed E-state index contributed by atoms with van der Waals surface area (Å²) in [5.74, 6) is 0.0932. The highest BCUT2D eigenvalue weighted by atomic mass is 16.5. The molecule has 1 aliphatic rings. The summed E-state index contributed by atoms with van der Waals surface area (Å²) < 4.78 is 5.63. The zero-order chi connectivity index (χ0) is 14.7. The van der Waals surface area contributed by atoms with Gasteiger partial charge in [-0.3, -0.25) is 9.69 Å². The van der Waals surface area contributed by atoms with Crippen molar-refractivity contribution in [1.82, 2.24) is 4.90 Å². The van der Waals surface area contributed by atoms with Gasteiger partial charge in [-0.1, -0.05) is 12.1 Å². The summed E-state index contributed by atoms with van der Waals surface area (Å²) in [5.41, 5.74) is 1.13. The monoisotopic (exact) mass is 277 g/mol. The molecule has 0 aromatic heterocycles. The number of benzene rings is 1. The fourth-order valence-electron chi connectivity index (χ4n) is 2.43. The second-order valence-corrected chi connectivity index (χ2v) is 5.71. The largest absolute Gasteiger partial charge is 0.491 e. The van der Waals surface area contributed by atoms with E-state index in [0.717, 1.165) is 24.2 Å². The van der Waals surface area contributed by atoms with Gasteiger partial charge < -0.3 is 9.84 Å². The minimum Gasteiger partial charge on any atom is -0.491 e. The predicted octanol–water partition coefficient (Wildman–Crippen LogP) is 3.08. The third-order valence-corrected chi connectivity index (χ3v) is 3.57. The van der Waals surface area contributed by atoms with Crippen LogP contribution in [0.1, 0.15) is 45.2 Å². The second-order valence-electron chi connectivity index (χ2n) is 5.71. The van der Waals surface area contributed by atoms with Crippen LogP contribution in [-0.2, 0) is 4.79 Å². The van der Waals surface area contributed by atoms with Gasteiger partial charge in [0.15, 0.2) is 0 Å². The maximum absolute atomic E-state index is 11.0. The lowest BCUT2D eigenvalue weighted by molar-refractivity contribution is -0.139. The zero-order valence-electron chi connectivity index (χ0n) is 12.4. The highest BCUT2D eigenvalue weighted by Crippen LogP contribution is 2.34. The summed E-state index contributed by atoms with van der Waals surface area (Å²) >= 11 is 0. The average Bonchev–Trinajstić information content (AvgIpc) is 3.19. The highest BCUT2D eigenvalue weighted by molar-refractivity contribution is 5.69. The molecule has 1 aromatic carbocycles. The number of carbonyl (C=O) groups is 1. The molecule has 1 aromatic rings. The van der Waals surface area contributed by atoms with Crippen LogP contribution >= 0.6 is 0 Å². The number of aliphatic carboxylic acids is 1. The van der Waals surface area contributed by atoms with Gasteiger partial charge in [-0.15, -0.1) is 0 Å². The van der Waals surface area contributed by atoms with E-state index in [1.165, 1.54) is 0 Å². The second kappa shape index (κ2) is 6.27. The van der Waals surface area contributed by atoms with E-state index in [1.54, 1.807) is 0 Å². The molecule has 0 radical (unpaired) electrons. The maximum Gasteiger partial charge on any atom is 0.317 e. The van der Waals surface area contributed by atoms with Crippen LogP contribution in [-0.4, -0.2) is 34.7 Å². The molecule has 110 valence electrons. The van der Waals surface area contributed by atoms with Crippen molar-refractivity contribution in [1.29, 1.82) is 0 Å². The Balaban J connectivity index is 2.06. The maximum atomic E-state index is 11.0. The minimum atomic E-state index is -0.761. The van der Waals surface area contributed by atoms with Crippen LogP contribution in [0.3, 0.4) is 0 Å². The number of carboxylic acid groups (broad SMARTS) is 1. The molecule has 2 rings (SSSR count). The van der Waals surface area contributed by atoms with Crippen LogP contribution in [0.15, 0.2) is 24.3 Å². The Bertz CT molecular complexity index is 451. The molecule has 0 bridgehead atoms. The van der Waals surface area contributed by atoms with Gasteiger partial charge >= 0.3 is 5.97 Å². The van der Waals surface area contributed by atoms with E-state index in [2.05, 4.69) is 11.8 Å². The van der Waals surface area contributed by atoms with Crippen LogP contribution in [0.25, 0.3) is 0 Å². The van der Waals surface area contributed by atoms with Crippen molar-refractivity contribution in [3.05, 3.63) is 29.8 Å². The van der Waals surface area contributed by atoms with Gasteiger partial charge in [-0.25, -0.2) is 0 Å². The molecule has 4 nitrogen and oxygen atoms in total. The van der Waals surface area contributed by atoms with Crippen LogP contribution < -0.4 is 4.74 Å². The van der Waals surface area contributed by atoms with Gasteiger partial charge in [-0.05, 0) is 51.3 Å². The summed E-state index contributed by atoms with van der Waals surface area (Å²) in [5, 5.41) is 9.04. The Labute approximate surface area is 120 Å². The fraction of sp³-hybridized carbons (Fsp3) is 0.562. The molecule has 1 saturated carbocycles. The van der Waals surface area contributed by atoms with E-state index in [9.17, 15) is 4.79 Å². The first kappa shape index (κ1) is 14.9. The summed E-state index contributed by atoms with van der Waals surface area (Å²) in [6.07, 6.45) is 2.37. The summed E-state index contributed by atoms with van der Waals surface area (Å²) in [4.78, 5) is 13.1. The molecular formula is C16H23NO3. The van der Waals surface area contributed by atoms with E-state index in [-0.39, 0.29) is 18.7 Å². The van der Waals surface area contributed by atoms with E-state index >= 15 is 0 Å². The quantitative estimate of drug-likeness (QED) is 0.832. The van der Waals surface area contributed by atoms with Gasteiger partial charge in [0.25, 0.3) is 0 Å². The molecule has 0 amide bonds. The molecule has 4 heteroatoms. The predicted molar refractivity (Wildman–Crippen MR) is 78.0 cm³/mol. The van der Waals surface area contributed by atoms with Gasteiger partial charge in [0.1, 0.15) is 5.75 Å². The van der Waals surface area contributed by atoms with E-state index in [0.29, 0.717) is 6.04 Å². The number of nitrogens with zero attached hydrogens (tertiary/aromatic N) is 1. The molecule has 1 aliphatic carbocycles. The van der Waals surface area contributed by atoms with Gasteiger partial charge in [0, 0.05) is 12.1 Å². The summed E-state index contributed by atoms with van der Waals surface area (Å²) in [6, 6.07) is 8.51. The Morgan fingerprint density at radius 2 is 1.90 bits per heavy atom. The van der Waals surface area contributed by atoms with Crippen molar-refractivity contribution in [2.45, 2.75) is 51.8 Å². The lowest BCUT2D eigenvalue weighted by atomic mass is 10.1. The van der Waals surface area contributed by atoms with Crippen molar-refractivity contribution in [3.63, 3.8) is 0 Å². The SMILES string of the molecule is CC(C)Oc1ccc(C(C)N(CC(=O)O)C2CC2)cc1. The first-order valence-electron chi connectivity index (χ1n) is 7.21. The smallest absolute Gasteiger partial charge is 0.317 e. The first-order chi connectivity index (χ1) is 9.47. The molecule has 20 heavy (non-hydrogen) atoms. The van der Waals surface area contributed by atoms with Gasteiger partial charge in [0.2, 0.25) is 0 Å². The Morgan fingerprint density at radius 3 is 2.35 bits per heavy atom. The number of carboxylic acids is 1. The van der Waals surface area contributed by atoms with Crippen LogP contribution in [0.5, 0.6) is 5.75 Å². The Hall–Kier alpha value is -1.55. The summed E-state index contributed by atoms with van der Waals surface area (Å²) in [6.45, 7) is 6.17. The van der Waals surface area contributed by atoms with Crippen LogP contribution in [0, 0.1) is 0 Å². The zero-order valence-corrected chi connectivity index (χ0v) is 12.4. The number of ether oxygens (including phenoxy) is 1. The topological polar surface area (TPSA) is 49.8 Å². The van der Waals surface area contributed by atoms with Gasteiger partial charge in [0.05, 0.1) is 12.6 Å². The molecule has 0 aliphatic heterocycles. The van der Waals surface area contributed by atoms with Crippen molar-refractivity contribution in [2.75, 3.05) is 6.54 Å². The van der Waals surface area contributed by atoms with Crippen molar-refractivity contribution < 1.29 is 14.6 Å². The third kappa shape index (κ3) is 3.97. The molecular weight excluding hydrogens is 254 g/mol. The lowest BCUT2D eigenvalue weighted by Crippen LogP contribution is -2.34. The first-order valence-corrected chi connectivity index (χ1v) is 7.21. The van der Waals surface area contributed by atoms with Crippen molar-refractivity contribution in [2.24, 2.45) is 0 Å². The third-order valence-electron chi connectivity index (χ3n) is 3.57. The fourth-order valence-corrected chi connectivity index (χ4v) is 2.43. The molecule has 0 saturated heterocycles. The Morgan fingerprint density at radius 1 is 1.30 bits per heavy atom. The van der Waals surface area contributed by atoms with Crippen LogP contribution in [0.4, 0.5) is 0 Å². The van der Waals surface area contributed by atoms with Crippen molar-refractivity contribution >= 4 is 5.97 Å².